The molecule has 0 aromatic heterocycles. The largest absolute Gasteiger partial charge is 0.457 e. The van der Waals surface area contributed by atoms with E-state index in [1.54, 1.807) is 6.08 Å². The zero-order valence-electron chi connectivity index (χ0n) is 14.5. The van der Waals surface area contributed by atoms with Gasteiger partial charge in [-0.15, -0.1) is 0 Å². The molecule has 3 rings (SSSR count). The van der Waals surface area contributed by atoms with E-state index in [1.807, 2.05) is 84.9 Å². The summed E-state index contributed by atoms with van der Waals surface area (Å²) in [5.74, 6) is 1.19. The molecule has 134 valence electrons. The van der Waals surface area contributed by atoms with Gasteiger partial charge in [0.2, 0.25) is 5.91 Å². The van der Waals surface area contributed by atoms with Gasteiger partial charge in [0.15, 0.2) is 5.11 Å². The van der Waals surface area contributed by atoms with Crippen LogP contribution >= 0.6 is 12.2 Å². The normalized spacial score (nSPS) is 10.4. The second-order valence-corrected chi connectivity index (χ2v) is 6.04. The van der Waals surface area contributed by atoms with Crippen molar-refractivity contribution >= 4 is 35.0 Å². The van der Waals surface area contributed by atoms with Crippen molar-refractivity contribution in [2.24, 2.45) is 0 Å². The predicted octanol–water partition coefficient (Wildman–Crippen LogP) is 5.01. The number of carbonyl (C=O) groups is 1. The standard InChI is InChI=1S/C22H18N2O2S/c25-21(16-11-17-7-3-1-4-8-17)24-22(27)23-18-12-14-20(15-13-18)26-19-9-5-2-6-10-19/h1-16H,(H2,23,24,25,27). The van der Waals surface area contributed by atoms with E-state index in [2.05, 4.69) is 10.6 Å². The van der Waals surface area contributed by atoms with Gasteiger partial charge in [-0.1, -0.05) is 48.5 Å². The molecule has 3 aromatic carbocycles. The number of nitrogens with one attached hydrogen (secondary N) is 2. The van der Waals surface area contributed by atoms with Gasteiger partial charge in [0.25, 0.3) is 0 Å². The lowest BCUT2D eigenvalue weighted by atomic mass is 10.2. The molecule has 0 bridgehead atoms. The molecule has 0 radical (unpaired) electrons. The van der Waals surface area contributed by atoms with Crippen LogP contribution in [-0.4, -0.2) is 11.0 Å². The first-order chi connectivity index (χ1) is 13.2. The Morgan fingerprint density at radius 2 is 1.41 bits per heavy atom. The predicted molar refractivity (Wildman–Crippen MR) is 113 cm³/mol. The third-order valence-corrected chi connectivity index (χ3v) is 3.76. The lowest BCUT2D eigenvalue weighted by molar-refractivity contribution is -0.115. The third kappa shape index (κ3) is 6.09. The molecule has 2 N–H and O–H groups in total. The third-order valence-electron chi connectivity index (χ3n) is 3.55. The molecule has 4 nitrogen and oxygen atoms in total. The fraction of sp³-hybridized carbons (Fsp3) is 0. The zero-order chi connectivity index (χ0) is 18.9. The number of para-hydroxylation sites is 1. The van der Waals surface area contributed by atoms with Crippen LogP contribution in [0.25, 0.3) is 6.08 Å². The fourth-order valence-electron chi connectivity index (χ4n) is 2.28. The number of rotatable bonds is 5. The van der Waals surface area contributed by atoms with Crippen molar-refractivity contribution < 1.29 is 9.53 Å². The Morgan fingerprint density at radius 3 is 2.07 bits per heavy atom. The van der Waals surface area contributed by atoms with Crippen molar-refractivity contribution in [3.8, 4) is 11.5 Å². The van der Waals surface area contributed by atoms with Crippen LogP contribution in [-0.2, 0) is 4.79 Å². The SMILES string of the molecule is O=C(C=Cc1ccccc1)NC(=S)Nc1ccc(Oc2ccccc2)cc1. The van der Waals surface area contributed by atoms with Crippen LogP contribution in [0.1, 0.15) is 5.56 Å². The summed E-state index contributed by atoms with van der Waals surface area (Å²) in [5, 5.41) is 5.82. The number of hydrogen-bond donors (Lipinski definition) is 2. The van der Waals surface area contributed by atoms with E-state index >= 15 is 0 Å². The van der Waals surface area contributed by atoms with Gasteiger partial charge in [-0.05, 0) is 60.3 Å². The molecule has 1 amide bonds. The summed E-state index contributed by atoms with van der Waals surface area (Å²) in [6.07, 6.45) is 3.17. The van der Waals surface area contributed by atoms with E-state index in [1.165, 1.54) is 6.08 Å². The first-order valence-electron chi connectivity index (χ1n) is 8.37. The highest BCUT2D eigenvalue weighted by Gasteiger charge is 2.03. The molecular weight excluding hydrogens is 356 g/mol. The second kappa shape index (κ2) is 9.31. The van der Waals surface area contributed by atoms with Gasteiger partial charge < -0.3 is 10.1 Å². The van der Waals surface area contributed by atoms with Crippen LogP contribution in [0.2, 0.25) is 0 Å². The summed E-state index contributed by atoms with van der Waals surface area (Å²) in [7, 11) is 0. The molecule has 0 saturated heterocycles. The minimum absolute atomic E-state index is 0.231. The molecule has 0 atom stereocenters. The highest BCUT2D eigenvalue weighted by molar-refractivity contribution is 7.80. The molecule has 5 heteroatoms. The Morgan fingerprint density at radius 1 is 0.815 bits per heavy atom. The van der Waals surface area contributed by atoms with Gasteiger partial charge >= 0.3 is 0 Å². The fourth-order valence-corrected chi connectivity index (χ4v) is 2.50. The zero-order valence-corrected chi connectivity index (χ0v) is 15.3. The van der Waals surface area contributed by atoms with Gasteiger partial charge in [-0.2, -0.15) is 0 Å². The number of ether oxygens (including phenoxy) is 1. The number of thiocarbonyl (C=S) groups is 1. The highest BCUT2D eigenvalue weighted by Crippen LogP contribution is 2.22. The van der Waals surface area contributed by atoms with E-state index in [0.29, 0.717) is 5.75 Å². The number of anilines is 1. The molecule has 0 aliphatic rings. The number of amides is 1. The molecule has 0 aliphatic heterocycles. The van der Waals surface area contributed by atoms with Crippen LogP contribution in [0.5, 0.6) is 11.5 Å². The van der Waals surface area contributed by atoms with Gasteiger partial charge in [-0.3, -0.25) is 10.1 Å². The summed E-state index contributed by atoms with van der Waals surface area (Å²) in [6.45, 7) is 0. The monoisotopic (exact) mass is 374 g/mol. The highest BCUT2D eigenvalue weighted by atomic mass is 32.1. The van der Waals surface area contributed by atoms with Crippen molar-refractivity contribution in [1.82, 2.24) is 5.32 Å². The molecule has 3 aromatic rings. The van der Waals surface area contributed by atoms with Crippen molar-refractivity contribution in [1.29, 1.82) is 0 Å². The maximum Gasteiger partial charge on any atom is 0.250 e. The van der Waals surface area contributed by atoms with Gasteiger partial charge in [0.05, 0.1) is 0 Å². The summed E-state index contributed by atoms with van der Waals surface area (Å²) in [5.41, 5.74) is 1.70. The molecule has 0 aliphatic carbocycles. The molecule has 0 fully saturated rings. The van der Waals surface area contributed by atoms with Crippen molar-refractivity contribution in [2.75, 3.05) is 5.32 Å². The number of carbonyl (C=O) groups excluding carboxylic acids is 1. The minimum atomic E-state index is -0.291. The molecule has 0 heterocycles. The average Bonchev–Trinajstić information content (AvgIpc) is 2.69. The maximum atomic E-state index is 11.9. The van der Waals surface area contributed by atoms with Crippen LogP contribution in [0.3, 0.4) is 0 Å². The number of hydrogen-bond acceptors (Lipinski definition) is 3. The van der Waals surface area contributed by atoms with E-state index in [4.69, 9.17) is 17.0 Å². The average molecular weight is 374 g/mol. The Kier molecular flexibility index (Phi) is 6.33. The first kappa shape index (κ1) is 18.4. The van der Waals surface area contributed by atoms with Crippen molar-refractivity contribution in [3.05, 3.63) is 96.6 Å². The second-order valence-electron chi connectivity index (χ2n) is 5.63. The first-order valence-corrected chi connectivity index (χ1v) is 8.78. The summed E-state index contributed by atoms with van der Waals surface area (Å²) >= 11 is 5.17. The van der Waals surface area contributed by atoms with Crippen LogP contribution < -0.4 is 15.4 Å². The summed E-state index contributed by atoms with van der Waals surface area (Å²) in [6, 6.07) is 26.4. The summed E-state index contributed by atoms with van der Waals surface area (Å²) in [4.78, 5) is 11.9. The lowest BCUT2D eigenvalue weighted by Crippen LogP contribution is -2.32. The lowest BCUT2D eigenvalue weighted by Gasteiger charge is -2.10. The van der Waals surface area contributed by atoms with E-state index in [-0.39, 0.29) is 11.0 Å². The van der Waals surface area contributed by atoms with Gasteiger partial charge in [-0.25, -0.2) is 0 Å². The van der Waals surface area contributed by atoms with E-state index in [9.17, 15) is 4.79 Å². The smallest absolute Gasteiger partial charge is 0.250 e. The summed E-state index contributed by atoms with van der Waals surface area (Å²) < 4.78 is 5.74. The Balaban J connectivity index is 1.50. The van der Waals surface area contributed by atoms with Gasteiger partial charge in [0.1, 0.15) is 11.5 Å². The quantitative estimate of drug-likeness (QED) is 0.487. The van der Waals surface area contributed by atoms with Crippen LogP contribution in [0.15, 0.2) is 91.0 Å². The minimum Gasteiger partial charge on any atom is -0.457 e. The Hall–Kier alpha value is -3.44. The van der Waals surface area contributed by atoms with Crippen molar-refractivity contribution in [3.63, 3.8) is 0 Å². The molecule has 0 unspecified atom stereocenters. The van der Waals surface area contributed by atoms with Crippen LogP contribution in [0, 0.1) is 0 Å². The van der Waals surface area contributed by atoms with Gasteiger partial charge in [0, 0.05) is 11.8 Å². The maximum absolute atomic E-state index is 11.9. The van der Waals surface area contributed by atoms with Crippen molar-refractivity contribution in [2.45, 2.75) is 0 Å². The van der Waals surface area contributed by atoms with E-state index < -0.39 is 0 Å². The molecular formula is C22H18N2O2S. The molecule has 0 spiro atoms. The Bertz CT molecular complexity index is 924. The van der Waals surface area contributed by atoms with E-state index in [0.717, 1.165) is 17.0 Å². The Labute approximate surface area is 163 Å². The number of benzene rings is 3. The molecule has 0 saturated carbocycles. The van der Waals surface area contributed by atoms with Crippen LogP contribution in [0.4, 0.5) is 5.69 Å². The topological polar surface area (TPSA) is 50.4 Å². The molecule has 27 heavy (non-hydrogen) atoms.